The Bertz CT molecular complexity index is 694. The summed E-state index contributed by atoms with van der Waals surface area (Å²) >= 11 is 0. The lowest BCUT2D eigenvalue weighted by Crippen LogP contribution is -2.15. The Balaban J connectivity index is 2.10. The summed E-state index contributed by atoms with van der Waals surface area (Å²) in [6.07, 6.45) is 5.43. The first-order chi connectivity index (χ1) is 10.1. The first kappa shape index (κ1) is 14.4. The topological polar surface area (TPSA) is 92.2 Å². The highest BCUT2D eigenvalue weighted by Gasteiger charge is 2.09. The second-order valence-corrected chi connectivity index (χ2v) is 4.27. The smallest absolute Gasteiger partial charge is 0.328 e. The second kappa shape index (κ2) is 6.42. The summed E-state index contributed by atoms with van der Waals surface area (Å²) < 4.78 is 0. The third-order valence-electron chi connectivity index (χ3n) is 2.68. The number of carboxylic acids is 1. The summed E-state index contributed by atoms with van der Waals surface area (Å²) in [6.45, 7) is 1.84. The van der Waals surface area contributed by atoms with Crippen molar-refractivity contribution in [3.63, 3.8) is 0 Å². The van der Waals surface area contributed by atoms with E-state index in [-0.39, 0.29) is 11.6 Å². The van der Waals surface area contributed by atoms with E-state index in [1.165, 1.54) is 18.3 Å². The van der Waals surface area contributed by atoms with Crippen molar-refractivity contribution in [2.24, 2.45) is 0 Å². The number of carbonyl (C=O) groups is 2. The Morgan fingerprint density at radius 2 is 2.05 bits per heavy atom. The van der Waals surface area contributed by atoms with Gasteiger partial charge < -0.3 is 10.4 Å². The van der Waals surface area contributed by atoms with E-state index in [4.69, 9.17) is 5.11 Å². The highest BCUT2D eigenvalue weighted by Crippen LogP contribution is 2.11. The predicted molar refractivity (Wildman–Crippen MR) is 77.8 cm³/mol. The summed E-state index contributed by atoms with van der Waals surface area (Å²) in [4.78, 5) is 30.5. The Morgan fingerprint density at radius 1 is 1.24 bits per heavy atom. The molecular formula is C15H13N3O3. The molecule has 6 heteroatoms. The quantitative estimate of drug-likeness (QED) is 0.839. The highest BCUT2D eigenvalue weighted by atomic mass is 16.4. The molecule has 0 aliphatic rings. The average molecular weight is 283 g/mol. The van der Waals surface area contributed by atoms with Crippen molar-refractivity contribution in [3.8, 4) is 0 Å². The number of aryl methyl sites for hydroxylation is 1. The van der Waals surface area contributed by atoms with Gasteiger partial charge in [-0.1, -0.05) is 12.1 Å². The fourth-order valence-corrected chi connectivity index (χ4v) is 1.59. The monoisotopic (exact) mass is 283 g/mol. The van der Waals surface area contributed by atoms with Crippen LogP contribution in [-0.2, 0) is 4.79 Å². The standard InChI is InChI=1S/C15H13N3O3/c1-10-3-2-8-16-14(10)18-15(21)12-6-4-11(9-17-12)5-7-13(19)20/h2-9H,1H3,(H,19,20)(H,16,18,21). The molecule has 0 spiro atoms. The number of amides is 1. The van der Waals surface area contributed by atoms with Gasteiger partial charge in [-0.25, -0.2) is 9.78 Å². The van der Waals surface area contributed by atoms with Crippen LogP contribution in [0.25, 0.3) is 6.08 Å². The number of hydrogen-bond acceptors (Lipinski definition) is 4. The zero-order valence-electron chi connectivity index (χ0n) is 11.3. The number of carboxylic acid groups (broad SMARTS) is 1. The molecule has 0 radical (unpaired) electrons. The van der Waals surface area contributed by atoms with Crippen LogP contribution in [0.5, 0.6) is 0 Å². The van der Waals surface area contributed by atoms with Gasteiger partial charge in [-0.15, -0.1) is 0 Å². The lowest BCUT2D eigenvalue weighted by atomic mass is 10.2. The molecule has 2 aromatic rings. The lowest BCUT2D eigenvalue weighted by Gasteiger charge is -2.06. The van der Waals surface area contributed by atoms with Crippen LogP contribution in [0.2, 0.25) is 0 Å². The number of anilines is 1. The maximum atomic E-state index is 12.0. The number of nitrogens with one attached hydrogen (secondary N) is 1. The molecule has 0 fully saturated rings. The minimum atomic E-state index is -1.04. The number of carbonyl (C=O) groups excluding carboxylic acids is 1. The molecular weight excluding hydrogens is 270 g/mol. The largest absolute Gasteiger partial charge is 0.478 e. The fraction of sp³-hybridized carbons (Fsp3) is 0.0667. The molecule has 0 aliphatic heterocycles. The molecule has 6 nitrogen and oxygen atoms in total. The van der Waals surface area contributed by atoms with Crippen LogP contribution in [0.4, 0.5) is 5.82 Å². The molecule has 0 bridgehead atoms. The van der Waals surface area contributed by atoms with E-state index in [1.54, 1.807) is 18.3 Å². The summed E-state index contributed by atoms with van der Waals surface area (Å²) in [5.74, 6) is -0.924. The van der Waals surface area contributed by atoms with Gasteiger partial charge in [0.25, 0.3) is 5.91 Å². The molecule has 0 aliphatic carbocycles. The molecule has 2 aromatic heterocycles. The van der Waals surface area contributed by atoms with Crippen LogP contribution in [0.15, 0.2) is 42.7 Å². The maximum absolute atomic E-state index is 12.0. The van der Waals surface area contributed by atoms with Crippen molar-refractivity contribution in [1.82, 2.24) is 9.97 Å². The first-order valence-electron chi connectivity index (χ1n) is 6.16. The van der Waals surface area contributed by atoms with Crippen molar-refractivity contribution in [2.45, 2.75) is 6.92 Å². The molecule has 0 unspecified atom stereocenters. The number of rotatable bonds is 4. The Hall–Kier alpha value is -3.02. The van der Waals surface area contributed by atoms with E-state index >= 15 is 0 Å². The van der Waals surface area contributed by atoms with E-state index < -0.39 is 5.97 Å². The zero-order valence-corrected chi connectivity index (χ0v) is 11.3. The second-order valence-electron chi connectivity index (χ2n) is 4.27. The van der Waals surface area contributed by atoms with Crippen molar-refractivity contribution in [1.29, 1.82) is 0 Å². The minimum Gasteiger partial charge on any atom is -0.478 e. The Morgan fingerprint density at radius 3 is 2.67 bits per heavy atom. The van der Waals surface area contributed by atoms with Crippen molar-refractivity contribution >= 4 is 23.8 Å². The van der Waals surface area contributed by atoms with Gasteiger partial charge in [0.2, 0.25) is 0 Å². The normalized spacial score (nSPS) is 10.5. The third-order valence-corrected chi connectivity index (χ3v) is 2.68. The van der Waals surface area contributed by atoms with E-state index in [0.717, 1.165) is 11.6 Å². The van der Waals surface area contributed by atoms with E-state index in [0.29, 0.717) is 11.4 Å². The molecule has 0 saturated heterocycles. The molecule has 2 N–H and O–H groups in total. The van der Waals surface area contributed by atoms with Gasteiger partial charge >= 0.3 is 5.97 Å². The number of pyridine rings is 2. The van der Waals surface area contributed by atoms with E-state index in [2.05, 4.69) is 15.3 Å². The molecule has 2 rings (SSSR count). The van der Waals surface area contributed by atoms with Crippen LogP contribution in [-0.4, -0.2) is 27.0 Å². The number of nitrogens with zero attached hydrogens (tertiary/aromatic N) is 2. The molecule has 0 aromatic carbocycles. The van der Waals surface area contributed by atoms with Gasteiger partial charge in [0.1, 0.15) is 11.5 Å². The molecule has 1 amide bonds. The van der Waals surface area contributed by atoms with Gasteiger partial charge in [-0.3, -0.25) is 9.78 Å². The zero-order chi connectivity index (χ0) is 15.2. The summed E-state index contributed by atoms with van der Waals surface area (Å²) in [7, 11) is 0. The average Bonchev–Trinajstić information content (AvgIpc) is 2.48. The van der Waals surface area contributed by atoms with Crippen LogP contribution >= 0.6 is 0 Å². The maximum Gasteiger partial charge on any atom is 0.328 e. The molecule has 0 saturated carbocycles. The summed E-state index contributed by atoms with van der Waals surface area (Å²) in [5, 5.41) is 11.2. The van der Waals surface area contributed by atoms with Crippen molar-refractivity contribution in [2.75, 3.05) is 5.32 Å². The minimum absolute atomic E-state index is 0.229. The van der Waals surface area contributed by atoms with E-state index in [1.807, 2.05) is 13.0 Å². The molecule has 21 heavy (non-hydrogen) atoms. The Labute approximate surface area is 121 Å². The summed E-state index contributed by atoms with van der Waals surface area (Å²) in [6, 6.07) is 6.77. The number of aromatic nitrogens is 2. The fourth-order valence-electron chi connectivity index (χ4n) is 1.59. The van der Waals surface area contributed by atoms with Gasteiger partial charge in [-0.2, -0.15) is 0 Å². The molecule has 106 valence electrons. The van der Waals surface area contributed by atoms with E-state index in [9.17, 15) is 9.59 Å². The van der Waals surface area contributed by atoms with Gasteiger partial charge in [-0.05, 0) is 36.3 Å². The first-order valence-corrected chi connectivity index (χ1v) is 6.16. The van der Waals surface area contributed by atoms with Gasteiger partial charge in [0.15, 0.2) is 0 Å². The van der Waals surface area contributed by atoms with Crippen molar-refractivity contribution < 1.29 is 14.7 Å². The Kier molecular flexibility index (Phi) is 4.40. The van der Waals surface area contributed by atoms with Gasteiger partial charge in [0.05, 0.1) is 0 Å². The van der Waals surface area contributed by atoms with Crippen LogP contribution < -0.4 is 5.32 Å². The molecule has 0 atom stereocenters. The predicted octanol–water partition coefficient (Wildman–Crippen LogP) is 2.14. The van der Waals surface area contributed by atoms with Crippen LogP contribution in [0, 0.1) is 6.92 Å². The van der Waals surface area contributed by atoms with Crippen LogP contribution in [0.3, 0.4) is 0 Å². The lowest BCUT2D eigenvalue weighted by molar-refractivity contribution is -0.131. The highest BCUT2D eigenvalue weighted by molar-refractivity contribution is 6.02. The summed E-state index contributed by atoms with van der Waals surface area (Å²) in [5.41, 5.74) is 1.68. The van der Waals surface area contributed by atoms with Crippen LogP contribution in [0.1, 0.15) is 21.6 Å². The third kappa shape index (κ3) is 3.97. The number of hydrogen-bond donors (Lipinski definition) is 2. The number of aliphatic carboxylic acids is 1. The van der Waals surface area contributed by atoms with Crippen molar-refractivity contribution in [3.05, 3.63) is 59.6 Å². The molecule has 2 heterocycles. The SMILES string of the molecule is Cc1cccnc1NC(=O)c1ccc(C=CC(=O)O)cn1. The van der Waals surface area contributed by atoms with Gasteiger partial charge in [0, 0.05) is 18.5 Å².